The summed E-state index contributed by atoms with van der Waals surface area (Å²) in [5.74, 6) is 0.557. The van der Waals surface area contributed by atoms with Crippen LogP contribution in [0.4, 0.5) is 0 Å². The lowest BCUT2D eigenvalue weighted by molar-refractivity contribution is 0.204. The van der Waals surface area contributed by atoms with Gasteiger partial charge >= 0.3 is 0 Å². The van der Waals surface area contributed by atoms with E-state index in [2.05, 4.69) is 0 Å². The lowest BCUT2D eigenvalue weighted by Crippen LogP contribution is -2.24. The number of hydrogen-bond donors (Lipinski definition) is 0. The average molecular weight is 502 g/mol. The predicted octanol–water partition coefficient (Wildman–Crippen LogP) is 6.09. The Bertz CT molecular complexity index is 1100. The second-order valence-electron chi connectivity index (χ2n) is 6.44. The third-order valence-corrected chi connectivity index (χ3v) is 6.18. The number of methoxy groups -OCH3 is 1. The number of para-hydroxylation sites is 1. The smallest absolute Gasteiger partial charge is 0.297 e. The molecule has 0 aliphatic heterocycles. The molecule has 0 heterocycles. The van der Waals surface area contributed by atoms with Gasteiger partial charge in [0.25, 0.3) is 10.1 Å². The topological polar surface area (TPSA) is 61.8 Å². The van der Waals surface area contributed by atoms with Crippen molar-refractivity contribution in [3.63, 3.8) is 0 Å². The van der Waals surface area contributed by atoms with Crippen LogP contribution in [0.1, 0.15) is 17.2 Å². The maximum Gasteiger partial charge on any atom is 0.297 e. The Morgan fingerprint density at radius 2 is 1.48 bits per heavy atom. The highest BCUT2D eigenvalue weighted by atomic mass is 35.6. The van der Waals surface area contributed by atoms with Gasteiger partial charge in [0.2, 0.25) is 3.79 Å². The van der Waals surface area contributed by atoms with Crippen LogP contribution in [0.3, 0.4) is 0 Å². The summed E-state index contributed by atoms with van der Waals surface area (Å²) >= 11 is 18.5. The normalized spacial score (nSPS) is 12.9. The lowest BCUT2D eigenvalue weighted by Gasteiger charge is -2.27. The molecular formula is C22H19Cl3O5S. The van der Waals surface area contributed by atoms with Gasteiger partial charge in [0.05, 0.1) is 12.0 Å². The van der Waals surface area contributed by atoms with E-state index in [0.29, 0.717) is 5.75 Å². The number of ether oxygens (including phenoxy) is 2. The molecule has 1 unspecified atom stereocenters. The van der Waals surface area contributed by atoms with Crippen molar-refractivity contribution >= 4 is 44.9 Å². The Morgan fingerprint density at radius 3 is 2.06 bits per heavy atom. The second-order valence-corrected chi connectivity index (χ2v) is 10.4. The Balaban J connectivity index is 2.01. The minimum Gasteiger partial charge on any atom is -0.493 e. The van der Waals surface area contributed by atoms with E-state index in [-0.39, 0.29) is 22.8 Å². The number of benzene rings is 3. The zero-order valence-electron chi connectivity index (χ0n) is 16.4. The SMILES string of the molecule is COc1cccc(C(OS(=O)(=O)c2ccccc2)C(Cl)(Cl)Cl)c1OCc1ccccc1. The van der Waals surface area contributed by atoms with Crippen LogP contribution < -0.4 is 9.47 Å². The molecule has 0 aromatic heterocycles. The summed E-state index contributed by atoms with van der Waals surface area (Å²) < 4.78 is 40.3. The summed E-state index contributed by atoms with van der Waals surface area (Å²) in [6.45, 7) is 0.187. The number of hydrogen-bond acceptors (Lipinski definition) is 5. The average Bonchev–Trinajstić information content (AvgIpc) is 2.76. The summed E-state index contributed by atoms with van der Waals surface area (Å²) in [6, 6.07) is 21.9. The maximum atomic E-state index is 12.8. The fourth-order valence-corrected chi connectivity index (χ4v) is 4.58. The molecule has 1 atom stereocenters. The van der Waals surface area contributed by atoms with E-state index in [0.717, 1.165) is 5.56 Å². The first-order valence-corrected chi connectivity index (χ1v) is 11.7. The molecule has 0 saturated carbocycles. The molecule has 5 nitrogen and oxygen atoms in total. The quantitative estimate of drug-likeness (QED) is 0.276. The Hall–Kier alpha value is -1.96. The van der Waals surface area contributed by atoms with Gasteiger partial charge in [-0.05, 0) is 23.8 Å². The van der Waals surface area contributed by atoms with Crippen molar-refractivity contribution in [2.24, 2.45) is 0 Å². The first-order chi connectivity index (χ1) is 14.7. The van der Waals surface area contributed by atoms with Crippen LogP contribution >= 0.6 is 34.8 Å². The first-order valence-electron chi connectivity index (χ1n) is 9.11. The third-order valence-electron chi connectivity index (χ3n) is 4.29. The molecule has 3 rings (SSSR count). The van der Waals surface area contributed by atoms with E-state index in [1.165, 1.54) is 19.2 Å². The largest absolute Gasteiger partial charge is 0.493 e. The van der Waals surface area contributed by atoms with Gasteiger partial charge in [0.1, 0.15) is 6.61 Å². The van der Waals surface area contributed by atoms with Gasteiger partial charge in [-0.3, -0.25) is 4.18 Å². The van der Waals surface area contributed by atoms with Crippen molar-refractivity contribution in [3.05, 3.63) is 90.0 Å². The molecule has 0 N–H and O–H groups in total. The molecule has 0 saturated heterocycles. The predicted molar refractivity (Wildman–Crippen MR) is 122 cm³/mol. The lowest BCUT2D eigenvalue weighted by atomic mass is 10.1. The van der Waals surface area contributed by atoms with E-state index in [9.17, 15) is 8.42 Å². The summed E-state index contributed by atoms with van der Waals surface area (Å²) in [5.41, 5.74) is 1.11. The molecule has 0 bridgehead atoms. The molecule has 3 aromatic rings. The van der Waals surface area contributed by atoms with E-state index in [1.54, 1.807) is 36.4 Å². The highest BCUT2D eigenvalue weighted by Crippen LogP contribution is 2.48. The van der Waals surface area contributed by atoms with Gasteiger partial charge in [0.15, 0.2) is 17.6 Å². The van der Waals surface area contributed by atoms with Gasteiger partial charge < -0.3 is 9.47 Å². The van der Waals surface area contributed by atoms with Crippen molar-refractivity contribution in [3.8, 4) is 11.5 Å². The molecule has 0 fully saturated rings. The molecule has 0 aliphatic carbocycles. The Labute approximate surface area is 196 Å². The van der Waals surface area contributed by atoms with Crippen molar-refractivity contribution in [2.75, 3.05) is 7.11 Å². The Morgan fingerprint density at radius 1 is 0.871 bits per heavy atom. The van der Waals surface area contributed by atoms with Gasteiger partial charge in [-0.2, -0.15) is 8.42 Å². The number of rotatable bonds is 8. The fraction of sp³-hybridized carbons (Fsp3) is 0.182. The number of halogens is 3. The molecule has 0 spiro atoms. The summed E-state index contributed by atoms with van der Waals surface area (Å²) in [7, 11) is -2.79. The van der Waals surface area contributed by atoms with E-state index >= 15 is 0 Å². The number of alkyl halides is 3. The van der Waals surface area contributed by atoms with E-state index < -0.39 is 20.0 Å². The van der Waals surface area contributed by atoms with Gasteiger partial charge in [-0.15, -0.1) is 0 Å². The van der Waals surface area contributed by atoms with Crippen LogP contribution in [-0.4, -0.2) is 19.3 Å². The molecule has 0 aliphatic rings. The fourth-order valence-electron chi connectivity index (χ4n) is 2.84. The highest BCUT2D eigenvalue weighted by Gasteiger charge is 2.41. The van der Waals surface area contributed by atoms with Crippen LogP contribution in [-0.2, 0) is 20.9 Å². The van der Waals surface area contributed by atoms with Crippen LogP contribution in [0.2, 0.25) is 0 Å². The molecule has 164 valence electrons. The maximum absolute atomic E-state index is 12.8. The molecule has 0 amide bonds. The third kappa shape index (κ3) is 6.05. The van der Waals surface area contributed by atoms with Crippen LogP contribution in [0.25, 0.3) is 0 Å². The minimum atomic E-state index is -4.24. The molecule has 0 radical (unpaired) electrons. The van der Waals surface area contributed by atoms with E-state index in [1.807, 2.05) is 30.3 Å². The van der Waals surface area contributed by atoms with Crippen LogP contribution in [0, 0.1) is 0 Å². The summed E-state index contributed by atoms with van der Waals surface area (Å²) in [5, 5.41) is 0. The monoisotopic (exact) mass is 500 g/mol. The van der Waals surface area contributed by atoms with Crippen molar-refractivity contribution < 1.29 is 22.1 Å². The van der Waals surface area contributed by atoms with Crippen molar-refractivity contribution in [1.82, 2.24) is 0 Å². The summed E-state index contributed by atoms with van der Waals surface area (Å²) in [4.78, 5) is -0.0658. The Kier molecular flexibility index (Phi) is 7.73. The van der Waals surface area contributed by atoms with Gasteiger partial charge in [0, 0.05) is 5.56 Å². The second kappa shape index (κ2) is 10.1. The molecule has 3 aromatic carbocycles. The van der Waals surface area contributed by atoms with Crippen LogP contribution in [0.15, 0.2) is 83.8 Å². The molecule has 9 heteroatoms. The van der Waals surface area contributed by atoms with Crippen LogP contribution in [0.5, 0.6) is 11.5 Å². The standard InChI is InChI=1S/C22H19Cl3O5S/c1-28-19-14-8-13-18(20(19)29-15-16-9-4-2-5-10-16)21(22(23,24)25)30-31(26,27)17-11-6-3-7-12-17/h2-14,21H,15H2,1H3. The van der Waals surface area contributed by atoms with Gasteiger partial charge in [-0.1, -0.05) is 95.5 Å². The minimum absolute atomic E-state index is 0.0658. The zero-order chi connectivity index (χ0) is 22.5. The van der Waals surface area contributed by atoms with Gasteiger partial charge in [-0.25, -0.2) is 0 Å². The first kappa shape index (κ1) is 23.7. The summed E-state index contributed by atoms with van der Waals surface area (Å²) in [6.07, 6.45) is -1.50. The molecular weight excluding hydrogens is 483 g/mol. The van der Waals surface area contributed by atoms with Crippen molar-refractivity contribution in [1.29, 1.82) is 0 Å². The zero-order valence-corrected chi connectivity index (χ0v) is 19.5. The molecule has 31 heavy (non-hydrogen) atoms. The van der Waals surface area contributed by atoms with E-state index in [4.69, 9.17) is 48.5 Å². The van der Waals surface area contributed by atoms with Crippen molar-refractivity contribution in [2.45, 2.75) is 21.4 Å². The highest BCUT2D eigenvalue weighted by molar-refractivity contribution is 7.86.